The molecule has 3 aromatic rings. The molecule has 132 valence electrons. The molecule has 7 heteroatoms. The third-order valence-electron chi connectivity index (χ3n) is 4.36. The van der Waals surface area contributed by atoms with Gasteiger partial charge < -0.3 is 10.2 Å². The summed E-state index contributed by atoms with van der Waals surface area (Å²) in [6.45, 7) is 1.70. The molecule has 1 aliphatic rings. The Bertz CT molecular complexity index is 988. The number of rotatable bonds is 3. The number of carbonyl (C=O) groups is 1. The van der Waals surface area contributed by atoms with Gasteiger partial charge in [0.05, 0.1) is 16.6 Å². The van der Waals surface area contributed by atoms with Crippen LogP contribution in [0.3, 0.4) is 0 Å². The maximum Gasteiger partial charge on any atom is 0.259 e. The molecule has 0 spiro atoms. The number of para-hydroxylation sites is 2. The van der Waals surface area contributed by atoms with Crippen LogP contribution in [0.25, 0.3) is 11.0 Å². The first kappa shape index (κ1) is 16.7. The summed E-state index contributed by atoms with van der Waals surface area (Å²) >= 11 is 5.89. The molecule has 0 saturated carbocycles. The second-order valence-corrected chi connectivity index (χ2v) is 6.59. The van der Waals surface area contributed by atoms with Crippen molar-refractivity contribution in [2.75, 3.05) is 23.3 Å². The van der Waals surface area contributed by atoms with Gasteiger partial charge in [-0.15, -0.1) is 0 Å². The largest absolute Gasteiger partial charge is 0.354 e. The first-order chi connectivity index (χ1) is 12.6. The van der Waals surface area contributed by atoms with Gasteiger partial charge in [-0.3, -0.25) is 4.79 Å². The number of hydrogen-bond acceptors (Lipinski definition) is 4. The molecule has 1 aromatic heterocycles. The molecule has 0 unspecified atom stereocenters. The average Bonchev–Trinajstić information content (AvgIpc) is 3.17. The van der Waals surface area contributed by atoms with E-state index >= 15 is 0 Å². The second-order valence-electron chi connectivity index (χ2n) is 6.16. The van der Waals surface area contributed by atoms with Gasteiger partial charge in [-0.2, -0.15) is 0 Å². The number of aromatic nitrogens is 2. The van der Waals surface area contributed by atoms with Crippen molar-refractivity contribution in [2.45, 2.75) is 12.8 Å². The third-order valence-corrected chi connectivity index (χ3v) is 4.60. The van der Waals surface area contributed by atoms with Crippen LogP contribution in [0.2, 0.25) is 5.02 Å². The van der Waals surface area contributed by atoms with Crippen LogP contribution in [0.15, 0.2) is 42.5 Å². The predicted octanol–water partition coefficient (Wildman–Crippen LogP) is 4.27. The number of carbonyl (C=O) groups excluding carboxylic acids is 1. The molecule has 0 radical (unpaired) electrons. The van der Waals surface area contributed by atoms with Crippen LogP contribution in [-0.4, -0.2) is 29.0 Å². The molecular formula is C19H16ClFN4O. The van der Waals surface area contributed by atoms with Crippen molar-refractivity contribution in [1.29, 1.82) is 0 Å². The highest BCUT2D eigenvalue weighted by Crippen LogP contribution is 2.28. The molecule has 2 heterocycles. The molecule has 0 bridgehead atoms. The van der Waals surface area contributed by atoms with E-state index in [9.17, 15) is 9.18 Å². The highest BCUT2D eigenvalue weighted by molar-refractivity contribution is 6.31. The van der Waals surface area contributed by atoms with Gasteiger partial charge in [-0.05, 0) is 43.2 Å². The van der Waals surface area contributed by atoms with E-state index in [-0.39, 0.29) is 5.56 Å². The van der Waals surface area contributed by atoms with E-state index in [1.807, 2.05) is 24.3 Å². The molecular weight excluding hydrogens is 355 g/mol. The Kier molecular flexibility index (Phi) is 4.42. The van der Waals surface area contributed by atoms with Crippen molar-refractivity contribution in [2.24, 2.45) is 0 Å². The fraction of sp³-hybridized carbons (Fsp3) is 0.211. The van der Waals surface area contributed by atoms with Crippen molar-refractivity contribution in [3.05, 3.63) is 58.9 Å². The number of fused-ring (bicyclic) bond motifs is 1. The van der Waals surface area contributed by atoms with Crippen molar-refractivity contribution in [3.63, 3.8) is 0 Å². The molecule has 1 fully saturated rings. The van der Waals surface area contributed by atoms with E-state index in [0.29, 0.717) is 22.2 Å². The Labute approximate surface area is 154 Å². The Balaban J connectivity index is 1.75. The number of anilines is 2. The first-order valence-electron chi connectivity index (χ1n) is 8.40. The van der Waals surface area contributed by atoms with Gasteiger partial charge in [0.2, 0.25) is 0 Å². The number of halogens is 2. The van der Waals surface area contributed by atoms with Gasteiger partial charge in [-0.25, -0.2) is 14.4 Å². The van der Waals surface area contributed by atoms with Gasteiger partial charge in [0, 0.05) is 18.1 Å². The quantitative estimate of drug-likeness (QED) is 0.747. The number of nitrogens with zero attached hydrogens (tertiary/aromatic N) is 3. The molecule has 5 nitrogen and oxygen atoms in total. The molecule has 0 aliphatic carbocycles. The topological polar surface area (TPSA) is 58.1 Å². The van der Waals surface area contributed by atoms with Crippen LogP contribution in [0.4, 0.5) is 16.0 Å². The van der Waals surface area contributed by atoms with Crippen LogP contribution in [-0.2, 0) is 0 Å². The van der Waals surface area contributed by atoms with Crippen molar-refractivity contribution >= 4 is 40.2 Å². The molecule has 1 saturated heterocycles. The van der Waals surface area contributed by atoms with Gasteiger partial charge in [0.1, 0.15) is 5.82 Å². The van der Waals surface area contributed by atoms with E-state index in [0.717, 1.165) is 31.4 Å². The van der Waals surface area contributed by atoms with Crippen molar-refractivity contribution in [1.82, 2.24) is 9.97 Å². The van der Waals surface area contributed by atoms with Crippen LogP contribution in [0.1, 0.15) is 23.2 Å². The van der Waals surface area contributed by atoms with Crippen LogP contribution in [0, 0.1) is 5.82 Å². The summed E-state index contributed by atoms with van der Waals surface area (Å²) in [5, 5.41) is 3.00. The minimum absolute atomic E-state index is 0.125. The number of hydrogen-bond donors (Lipinski definition) is 1. The third kappa shape index (κ3) is 3.20. The summed E-state index contributed by atoms with van der Waals surface area (Å²) in [4.78, 5) is 23.9. The summed E-state index contributed by atoms with van der Waals surface area (Å²) in [6.07, 6.45) is 2.12. The van der Waals surface area contributed by atoms with E-state index in [1.165, 1.54) is 18.2 Å². The zero-order valence-electron chi connectivity index (χ0n) is 13.9. The lowest BCUT2D eigenvalue weighted by atomic mass is 10.2. The first-order valence-corrected chi connectivity index (χ1v) is 8.78. The summed E-state index contributed by atoms with van der Waals surface area (Å²) in [6, 6.07) is 11.3. The van der Waals surface area contributed by atoms with Crippen molar-refractivity contribution < 1.29 is 9.18 Å². The van der Waals surface area contributed by atoms with Gasteiger partial charge in [0.15, 0.2) is 11.6 Å². The van der Waals surface area contributed by atoms with Crippen molar-refractivity contribution in [3.8, 4) is 0 Å². The summed E-state index contributed by atoms with van der Waals surface area (Å²) in [5.41, 5.74) is 1.29. The molecule has 0 atom stereocenters. The highest BCUT2D eigenvalue weighted by atomic mass is 35.5. The van der Waals surface area contributed by atoms with E-state index < -0.39 is 11.7 Å². The molecule has 2 aromatic carbocycles. The molecule has 1 aliphatic heterocycles. The lowest BCUT2D eigenvalue weighted by Gasteiger charge is -2.20. The van der Waals surface area contributed by atoms with Gasteiger partial charge in [-0.1, -0.05) is 23.7 Å². The fourth-order valence-corrected chi connectivity index (χ4v) is 3.24. The Morgan fingerprint density at radius 2 is 1.77 bits per heavy atom. The Morgan fingerprint density at radius 3 is 2.50 bits per heavy atom. The van der Waals surface area contributed by atoms with Gasteiger partial charge in [0.25, 0.3) is 5.91 Å². The molecule has 4 rings (SSSR count). The Morgan fingerprint density at radius 1 is 1.08 bits per heavy atom. The lowest BCUT2D eigenvalue weighted by molar-refractivity contribution is 0.102. The summed E-state index contributed by atoms with van der Waals surface area (Å²) < 4.78 is 14.0. The van der Waals surface area contributed by atoms with Gasteiger partial charge >= 0.3 is 0 Å². The smallest absolute Gasteiger partial charge is 0.259 e. The predicted molar refractivity (Wildman–Crippen MR) is 100 cm³/mol. The zero-order valence-corrected chi connectivity index (χ0v) is 14.6. The number of nitrogens with one attached hydrogen (secondary N) is 1. The normalized spacial score (nSPS) is 14.0. The molecule has 1 N–H and O–H groups in total. The SMILES string of the molecule is O=C(Nc1nc2ccccc2nc1N1CCCC1)c1cc(Cl)ccc1F. The average molecular weight is 371 g/mol. The minimum atomic E-state index is -0.636. The molecule has 1 amide bonds. The minimum Gasteiger partial charge on any atom is -0.354 e. The maximum atomic E-state index is 14.0. The lowest BCUT2D eigenvalue weighted by Crippen LogP contribution is -2.23. The standard InChI is InChI=1S/C19H16ClFN4O/c20-12-7-8-14(21)13(11-12)19(26)24-17-18(25-9-3-4-10-25)23-16-6-2-1-5-15(16)22-17/h1-2,5-8,11H,3-4,9-10H2,(H,22,24,26). The number of benzene rings is 2. The van der Waals surface area contributed by atoms with Crippen LogP contribution >= 0.6 is 11.6 Å². The zero-order chi connectivity index (χ0) is 18.1. The van der Waals surface area contributed by atoms with E-state index in [4.69, 9.17) is 11.6 Å². The highest BCUT2D eigenvalue weighted by Gasteiger charge is 2.22. The Hall–Kier alpha value is -2.73. The monoisotopic (exact) mass is 370 g/mol. The maximum absolute atomic E-state index is 14.0. The molecule has 26 heavy (non-hydrogen) atoms. The van der Waals surface area contributed by atoms with Crippen LogP contribution in [0.5, 0.6) is 0 Å². The van der Waals surface area contributed by atoms with E-state index in [2.05, 4.69) is 20.2 Å². The summed E-state index contributed by atoms with van der Waals surface area (Å²) in [5.74, 6) is -0.301. The summed E-state index contributed by atoms with van der Waals surface area (Å²) in [7, 11) is 0. The fourth-order valence-electron chi connectivity index (χ4n) is 3.07. The number of amides is 1. The second kappa shape index (κ2) is 6.88. The van der Waals surface area contributed by atoms with Crippen LogP contribution < -0.4 is 10.2 Å². The van der Waals surface area contributed by atoms with E-state index in [1.54, 1.807) is 0 Å².